The highest BCUT2D eigenvalue weighted by Gasteiger charge is 2.36. The van der Waals surface area contributed by atoms with Crippen LogP contribution in [-0.2, 0) is 17.6 Å². The lowest BCUT2D eigenvalue weighted by Crippen LogP contribution is -2.46. The second-order valence-electron chi connectivity index (χ2n) is 9.55. The van der Waals surface area contributed by atoms with Gasteiger partial charge in [0.05, 0.1) is 29.8 Å². The molecule has 0 amide bonds. The molecule has 6 heteroatoms. The predicted molar refractivity (Wildman–Crippen MR) is 134 cm³/mol. The fourth-order valence-corrected chi connectivity index (χ4v) is 6.24. The molecule has 0 spiro atoms. The molecule has 0 saturated carbocycles. The van der Waals surface area contributed by atoms with Crippen molar-refractivity contribution in [3.8, 4) is 11.1 Å². The molecule has 2 aromatic carbocycles. The second kappa shape index (κ2) is 8.73. The Morgan fingerprint density at radius 2 is 1.94 bits per heavy atom. The third-order valence-corrected chi connectivity index (χ3v) is 7.92. The molecule has 1 atom stereocenters. The summed E-state index contributed by atoms with van der Waals surface area (Å²) in [6, 6.07) is 17.3. The van der Waals surface area contributed by atoms with Crippen molar-refractivity contribution < 1.29 is 9.53 Å². The van der Waals surface area contributed by atoms with E-state index >= 15 is 0 Å². The van der Waals surface area contributed by atoms with Gasteiger partial charge in [0.15, 0.2) is 10.9 Å². The number of hydrogen-bond donors (Lipinski definition) is 0. The smallest absolute Gasteiger partial charge is 0.186 e. The summed E-state index contributed by atoms with van der Waals surface area (Å²) in [5.74, 6) is 0.242. The van der Waals surface area contributed by atoms with Crippen LogP contribution in [0.1, 0.15) is 41.2 Å². The average molecular weight is 511 g/mol. The van der Waals surface area contributed by atoms with E-state index < -0.39 is 0 Å². The average Bonchev–Trinajstić information content (AvgIpc) is 3.17. The minimum Gasteiger partial charge on any atom is -0.377 e. The Labute approximate surface area is 201 Å². The molecule has 1 saturated heterocycles. The number of carbonyl (C=O) groups excluding carboxylic acids is 1. The Balaban J connectivity index is 1.40. The number of nitrogens with zero attached hydrogens (tertiary/aromatic N) is 2. The first kappa shape index (κ1) is 21.8. The van der Waals surface area contributed by atoms with E-state index in [4.69, 9.17) is 9.72 Å². The van der Waals surface area contributed by atoms with Crippen molar-refractivity contribution in [2.24, 2.45) is 5.41 Å². The molecule has 2 heterocycles. The van der Waals surface area contributed by atoms with E-state index in [1.165, 1.54) is 16.7 Å². The number of rotatable bonds is 4. The molecule has 2 aliphatic rings. The SMILES string of the molecule is CC1(C)CC(=O)c2sc(N3CCOC[C@@H]3Cc3cccc(-c4cccc(Br)c4)c3)nc2C1. The molecule has 0 bridgehead atoms. The van der Waals surface area contributed by atoms with Crippen LogP contribution in [0.4, 0.5) is 5.13 Å². The molecule has 1 fully saturated rings. The Kier molecular flexibility index (Phi) is 5.95. The molecule has 166 valence electrons. The van der Waals surface area contributed by atoms with Gasteiger partial charge in [-0.3, -0.25) is 4.79 Å². The number of fused-ring (bicyclic) bond motifs is 1. The summed E-state index contributed by atoms with van der Waals surface area (Å²) in [6.07, 6.45) is 2.36. The second-order valence-corrected chi connectivity index (χ2v) is 11.4. The maximum atomic E-state index is 12.7. The molecule has 1 aliphatic carbocycles. The zero-order chi connectivity index (χ0) is 22.3. The fourth-order valence-electron chi connectivity index (χ4n) is 4.72. The van der Waals surface area contributed by atoms with Gasteiger partial charge >= 0.3 is 0 Å². The van der Waals surface area contributed by atoms with E-state index in [-0.39, 0.29) is 17.2 Å². The number of aromatic nitrogens is 1. The van der Waals surface area contributed by atoms with Crippen molar-refractivity contribution in [2.45, 2.75) is 39.2 Å². The van der Waals surface area contributed by atoms with Crippen LogP contribution in [0.5, 0.6) is 0 Å². The lowest BCUT2D eigenvalue weighted by atomic mass is 9.78. The van der Waals surface area contributed by atoms with E-state index in [0.717, 1.165) is 39.6 Å². The Morgan fingerprint density at radius 1 is 1.16 bits per heavy atom. The molecule has 3 aromatic rings. The highest BCUT2D eigenvalue weighted by Crippen LogP contribution is 2.40. The van der Waals surface area contributed by atoms with Gasteiger partial charge in [0.2, 0.25) is 0 Å². The summed E-state index contributed by atoms with van der Waals surface area (Å²) < 4.78 is 6.94. The number of hydrogen-bond acceptors (Lipinski definition) is 5. The number of anilines is 1. The normalized spacial score (nSPS) is 20.3. The predicted octanol–water partition coefficient (Wildman–Crippen LogP) is 6.18. The molecule has 5 rings (SSSR count). The quantitative estimate of drug-likeness (QED) is 0.420. The van der Waals surface area contributed by atoms with Gasteiger partial charge in [-0.05, 0) is 47.1 Å². The topological polar surface area (TPSA) is 42.4 Å². The Bertz CT molecular complexity index is 1160. The largest absolute Gasteiger partial charge is 0.377 e. The zero-order valence-electron chi connectivity index (χ0n) is 18.4. The van der Waals surface area contributed by atoms with Crippen molar-refractivity contribution in [3.63, 3.8) is 0 Å². The van der Waals surface area contributed by atoms with Gasteiger partial charge in [0.1, 0.15) is 0 Å². The van der Waals surface area contributed by atoms with E-state index in [1.54, 1.807) is 11.3 Å². The van der Waals surface area contributed by atoms with Crippen molar-refractivity contribution in [2.75, 3.05) is 24.7 Å². The molecule has 0 unspecified atom stereocenters. The minimum atomic E-state index is -0.00723. The number of halogens is 1. The molecular weight excluding hydrogens is 484 g/mol. The maximum absolute atomic E-state index is 12.7. The van der Waals surface area contributed by atoms with Crippen molar-refractivity contribution in [3.05, 3.63) is 69.1 Å². The van der Waals surface area contributed by atoms with Gasteiger partial charge in [-0.1, -0.05) is 77.5 Å². The van der Waals surface area contributed by atoms with Gasteiger partial charge in [-0.15, -0.1) is 0 Å². The number of ketones is 1. The van der Waals surface area contributed by atoms with Crippen molar-refractivity contribution in [1.82, 2.24) is 4.98 Å². The van der Waals surface area contributed by atoms with Gasteiger partial charge < -0.3 is 9.64 Å². The summed E-state index contributed by atoms with van der Waals surface area (Å²) in [6.45, 7) is 6.48. The number of thiazole rings is 1. The number of carbonyl (C=O) groups is 1. The summed E-state index contributed by atoms with van der Waals surface area (Å²) in [5.41, 5.74) is 4.66. The van der Waals surface area contributed by atoms with Gasteiger partial charge in [0.25, 0.3) is 0 Å². The van der Waals surface area contributed by atoms with E-state index in [0.29, 0.717) is 19.6 Å². The maximum Gasteiger partial charge on any atom is 0.186 e. The van der Waals surface area contributed by atoms with Gasteiger partial charge in [-0.2, -0.15) is 0 Å². The van der Waals surface area contributed by atoms with Gasteiger partial charge in [-0.25, -0.2) is 4.98 Å². The molecular formula is C26H27BrN2O2S. The first-order valence-corrected chi connectivity index (χ1v) is 12.7. The number of morpholine rings is 1. The molecule has 32 heavy (non-hydrogen) atoms. The molecule has 4 nitrogen and oxygen atoms in total. The molecule has 0 radical (unpaired) electrons. The van der Waals surface area contributed by atoms with Crippen LogP contribution in [0.15, 0.2) is 53.0 Å². The minimum absolute atomic E-state index is 0.00723. The summed E-state index contributed by atoms with van der Waals surface area (Å²) >= 11 is 5.14. The first-order valence-electron chi connectivity index (χ1n) is 11.1. The van der Waals surface area contributed by atoms with E-state index in [9.17, 15) is 4.79 Å². The first-order chi connectivity index (χ1) is 15.4. The number of benzene rings is 2. The standard InChI is InChI=1S/C26H27BrN2O2S/c1-26(2)14-22-24(23(30)15-26)32-25(28-22)29-9-10-31-16-21(29)12-17-5-3-6-18(11-17)19-7-4-8-20(27)13-19/h3-8,11,13,21H,9-10,12,14-16H2,1-2H3/t21-/m0/s1. The van der Waals surface area contributed by atoms with Crippen molar-refractivity contribution in [1.29, 1.82) is 0 Å². The van der Waals surface area contributed by atoms with Crippen LogP contribution in [-0.4, -0.2) is 36.6 Å². The van der Waals surface area contributed by atoms with Crippen LogP contribution in [0.3, 0.4) is 0 Å². The third-order valence-electron chi connectivity index (χ3n) is 6.25. The fraction of sp³-hybridized carbons (Fsp3) is 0.385. The monoisotopic (exact) mass is 510 g/mol. The van der Waals surface area contributed by atoms with Crippen molar-refractivity contribution >= 4 is 38.2 Å². The van der Waals surface area contributed by atoms with Crippen LogP contribution < -0.4 is 4.90 Å². The molecule has 0 N–H and O–H groups in total. The molecule has 1 aliphatic heterocycles. The summed E-state index contributed by atoms with van der Waals surface area (Å²) in [5, 5.41) is 0.970. The number of Topliss-reactive ketones (excluding diaryl/α,β-unsaturated/α-hetero) is 1. The third kappa shape index (κ3) is 4.54. The number of ether oxygens (including phenoxy) is 1. The lowest BCUT2D eigenvalue weighted by Gasteiger charge is -2.35. The Morgan fingerprint density at radius 3 is 2.75 bits per heavy atom. The van der Waals surface area contributed by atoms with E-state index in [2.05, 4.69) is 77.1 Å². The van der Waals surface area contributed by atoms with Crippen LogP contribution in [0.25, 0.3) is 11.1 Å². The highest BCUT2D eigenvalue weighted by atomic mass is 79.9. The lowest BCUT2D eigenvalue weighted by molar-refractivity contribution is 0.0915. The van der Waals surface area contributed by atoms with Crippen LogP contribution in [0.2, 0.25) is 0 Å². The molecule has 1 aromatic heterocycles. The van der Waals surface area contributed by atoms with Crippen LogP contribution >= 0.6 is 27.3 Å². The van der Waals surface area contributed by atoms with Crippen LogP contribution in [0, 0.1) is 5.41 Å². The summed E-state index contributed by atoms with van der Waals surface area (Å²) in [4.78, 5) is 20.9. The zero-order valence-corrected chi connectivity index (χ0v) is 20.8. The Hall–Kier alpha value is -2.02. The van der Waals surface area contributed by atoms with Gasteiger partial charge in [0, 0.05) is 17.4 Å². The van der Waals surface area contributed by atoms with E-state index in [1.807, 2.05) is 6.07 Å². The summed E-state index contributed by atoms with van der Waals surface area (Å²) in [7, 11) is 0. The highest BCUT2D eigenvalue weighted by molar-refractivity contribution is 9.10.